The highest BCUT2D eigenvalue weighted by atomic mass is 32.1. The second-order valence-electron chi connectivity index (χ2n) is 6.52. The van der Waals surface area contributed by atoms with Crippen LogP contribution in [0.3, 0.4) is 0 Å². The summed E-state index contributed by atoms with van der Waals surface area (Å²) in [6, 6.07) is 17.5. The largest absolute Gasteiger partial charge is 0.350 e. The maximum absolute atomic E-state index is 12.8. The van der Waals surface area contributed by atoms with Crippen molar-refractivity contribution in [2.45, 2.75) is 20.0 Å². The smallest absolute Gasteiger partial charge is 0.273 e. The number of hydrogen-bond donors (Lipinski definition) is 1. The van der Waals surface area contributed by atoms with Crippen molar-refractivity contribution in [2.24, 2.45) is 0 Å². The molecule has 0 radical (unpaired) electrons. The molecule has 0 spiro atoms. The molecule has 0 aliphatic carbocycles. The highest BCUT2D eigenvalue weighted by Crippen LogP contribution is 2.27. The summed E-state index contributed by atoms with van der Waals surface area (Å²) < 4.78 is 6.20. The Kier molecular flexibility index (Phi) is 4.99. The van der Waals surface area contributed by atoms with E-state index in [1.807, 2.05) is 61.5 Å². The second kappa shape index (κ2) is 7.74. The number of fused-ring (bicyclic) bond motifs is 1. The summed E-state index contributed by atoms with van der Waals surface area (Å²) >= 11 is 1.12. The molecule has 2 aromatic carbocycles. The van der Waals surface area contributed by atoms with E-state index in [1.165, 1.54) is 10.9 Å². The van der Waals surface area contributed by atoms with E-state index < -0.39 is 0 Å². The summed E-state index contributed by atoms with van der Waals surface area (Å²) in [4.78, 5) is 29.4. The normalized spacial score (nSPS) is 10.9. The lowest BCUT2D eigenvalue weighted by molar-refractivity contribution is -0.121. The van der Waals surface area contributed by atoms with Crippen molar-refractivity contribution in [1.29, 1.82) is 0 Å². The van der Waals surface area contributed by atoms with E-state index in [1.54, 1.807) is 0 Å². The van der Waals surface area contributed by atoms with Gasteiger partial charge in [0.15, 0.2) is 0 Å². The first-order valence-electron chi connectivity index (χ1n) is 8.84. The number of carbonyl (C=O) groups excluding carboxylic acids is 1. The Hall–Kier alpha value is -3.32. The fourth-order valence-electron chi connectivity index (χ4n) is 2.96. The molecule has 2 aromatic heterocycles. The van der Waals surface area contributed by atoms with E-state index >= 15 is 0 Å². The van der Waals surface area contributed by atoms with Crippen LogP contribution >= 0.6 is 11.5 Å². The van der Waals surface area contributed by atoms with Crippen LogP contribution in [-0.2, 0) is 17.9 Å². The number of aromatic nitrogens is 3. The first kappa shape index (κ1) is 18.1. The number of amides is 1. The summed E-state index contributed by atoms with van der Waals surface area (Å²) in [5.41, 5.74) is 4.06. The van der Waals surface area contributed by atoms with E-state index in [0.717, 1.165) is 28.2 Å². The van der Waals surface area contributed by atoms with Crippen LogP contribution in [0.25, 0.3) is 21.5 Å². The minimum Gasteiger partial charge on any atom is -0.350 e. The van der Waals surface area contributed by atoms with Crippen molar-refractivity contribution in [2.75, 3.05) is 0 Å². The molecule has 4 rings (SSSR count). The number of nitrogens with one attached hydrogen (secondary N) is 1. The van der Waals surface area contributed by atoms with E-state index in [0.29, 0.717) is 22.5 Å². The molecule has 0 unspecified atom stereocenters. The molecule has 28 heavy (non-hydrogen) atoms. The van der Waals surface area contributed by atoms with Gasteiger partial charge in [0.05, 0.1) is 6.33 Å². The zero-order valence-electron chi connectivity index (χ0n) is 15.3. The maximum atomic E-state index is 12.8. The Bertz CT molecular complexity index is 1200. The molecular formula is C21H18N4O2S. The monoisotopic (exact) mass is 390 g/mol. The van der Waals surface area contributed by atoms with Crippen molar-refractivity contribution >= 4 is 27.7 Å². The molecule has 7 heteroatoms. The van der Waals surface area contributed by atoms with Gasteiger partial charge in [-0.25, -0.2) is 4.98 Å². The highest BCUT2D eigenvalue weighted by Gasteiger charge is 2.15. The molecule has 1 amide bonds. The third-order valence-corrected chi connectivity index (χ3v) is 5.21. The lowest BCUT2D eigenvalue weighted by atomic mass is 10.1. The second-order valence-corrected chi connectivity index (χ2v) is 7.29. The molecule has 140 valence electrons. The minimum absolute atomic E-state index is 0.0771. The van der Waals surface area contributed by atoms with Gasteiger partial charge < -0.3 is 5.32 Å². The van der Waals surface area contributed by atoms with Crippen LogP contribution in [0.4, 0.5) is 0 Å². The van der Waals surface area contributed by atoms with Crippen molar-refractivity contribution in [3.05, 3.63) is 82.4 Å². The average molecular weight is 390 g/mol. The molecule has 2 heterocycles. The molecular weight excluding hydrogens is 372 g/mol. The Labute approximate surface area is 165 Å². The molecule has 0 saturated carbocycles. The zero-order chi connectivity index (χ0) is 19.5. The van der Waals surface area contributed by atoms with Crippen LogP contribution in [0.15, 0.2) is 65.7 Å². The van der Waals surface area contributed by atoms with Gasteiger partial charge in [-0.15, -0.1) is 0 Å². The SMILES string of the molecule is Cc1cccc(-c2nsc3c(=O)n(CC(=O)NCc4ccccc4)cnc23)c1. The maximum Gasteiger partial charge on any atom is 0.273 e. The van der Waals surface area contributed by atoms with Crippen LogP contribution in [-0.4, -0.2) is 19.8 Å². The lowest BCUT2D eigenvalue weighted by Crippen LogP contribution is -2.31. The van der Waals surface area contributed by atoms with Gasteiger partial charge in [-0.3, -0.25) is 14.2 Å². The van der Waals surface area contributed by atoms with Crippen molar-refractivity contribution < 1.29 is 4.79 Å². The summed E-state index contributed by atoms with van der Waals surface area (Å²) in [5.74, 6) is -0.240. The van der Waals surface area contributed by atoms with Crippen LogP contribution in [0.5, 0.6) is 0 Å². The summed E-state index contributed by atoms with van der Waals surface area (Å²) in [6.45, 7) is 2.35. The van der Waals surface area contributed by atoms with Crippen LogP contribution < -0.4 is 10.9 Å². The highest BCUT2D eigenvalue weighted by molar-refractivity contribution is 7.13. The third kappa shape index (κ3) is 3.70. The lowest BCUT2D eigenvalue weighted by Gasteiger charge is -2.07. The number of hydrogen-bond acceptors (Lipinski definition) is 5. The van der Waals surface area contributed by atoms with Gasteiger partial charge in [0.2, 0.25) is 5.91 Å². The molecule has 0 aliphatic rings. The van der Waals surface area contributed by atoms with Gasteiger partial charge in [0.25, 0.3) is 5.56 Å². The van der Waals surface area contributed by atoms with Gasteiger partial charge in [0, 0.05) is 12.1 Å². The molecule has 0 atom stereocenters. The van der Waals surface area contributed by atoms with Gasteiger partial charge in [0.1, 0.15) is 22.5 Å². The Morgan fingerprint density at radius 2 is 1.96 bits per heavy atom. The fraction of sp³-hybridized carbons (Fsp3) is 0.143. The summed E-state index contributed by atoms with van der Waals surface area (Å²) in [6.07, 6.45) is 1.42. The van der Waals surface area contributed by atoms with Crippen LogP contribution in [0, 0.1) is 6.92 Å². The first-order chi connectivity index (χ1) is 13.6. The fourth-order valence-corrected chi connectivity index (χ4v) is 3.76. The molecule has 0 saturated heterocycles. The standard InChI is InChI=1S/C21H18N4O2S/c1-14-6-5-9-16(10-14)18-19-20(28-24-18)21(27)25(13-23-19)12-17(26)22-11-15-7-3-2-4-8-15/h2-10,13H,11-12H2,1H3,(H,22,26). The molecule has 0 bridgehead atoms. The van der Waals surface area contributed by atoms with Crippen molar-refractivity contribution in [3.8, 4) is 11.3 Å². The number of carbonyl (C=O) groups is 1. The molecule has 4 aromatic rings. The third-order valence-electron chi connectivity index (χ3n) is 4.39. The molecule has 1 N–H and O–H groups in total. The molecule has 0 aliphatic heterocycles. The van der Waals surface area contributed by atoms with Gasteiger partial charge in [-0.2, -0.15) is 4.37 Å². The van der Waals surface area contributed by atoms with E-state index in [9.17, 15) is 9.59 Å². The van der Waals surface area contributed by atoms with Crippen LogP contribution in [0.2, 0.25) is 0 Å². The predicted octanol–water partition coefficient (Wildman–Crippen LogP) is 3.14. The number of benzene rings is 2. The zero-order valence-corrected chi connectivity index (χ0v) is 16.1. The van der Waals surface area contributed by atoms with Gasteiger partial charge in [-0.05, 0) is 30.1 Å². The van der Waals surface area contributed by atoms with Gasteiger partial charge >= 0.3 is 0 Å². The van der Waals surface area contributed by atoms with Gasteiger partial charge in [-0.1, -0.05) is 54.1 Å². The number of rotatable bonds is 5. The van der Waals surface area contributed by atoms with E-state index in [4.69, 9.17) is 0 Å². The van der Waals surface area contributed by atoms with E-state index in [2.05, 4.69) is 14.7 Å². The topological polar surface area (TPSA) is 76.9 Å². The van der Waals surface area contributed by atoms with Crippen LogP contribution in [0.1, 0.15) is 11.1 Å². The predicted molar refractivity (Wildman–Crippen MR) is 110 cm³/mol. The summed E-state index contributed by atoms with van der Waals surface area (Å²) in [7, 11) is 0. The number of aryl methyl sites for hydroxylation is 1. The quantitative estimate of drug-likeness (QED) is 0.568. The Morgan fingerprint density at radius 3 is 2.75 bits per heavy atom. The average Bonchev–Trinajstić information content (AvgIpc) is 3.14. The minimum atomic E-state index is -0.253. The first-order valence-corrected chi connectivity index (χ1v) is 9.61. The Morgan fingerprint density at radius 1 is 1.14 bits per heavy atom. The molecule has 0 fully saturated rings. The van der Waals surface area contributed by atoms with Crippen molar-refractivity contribution in [1.82, 2.24) is 19.2 Å². The van der Waals surface area contributed by atoms with Crippen molar-refractivity contribution in [3.63, 3.8) is 0 Å². The number of nitrogens with zero attached hydrogens (tertiary/aromatic N) is 3. The van der Waals surface area contributed by atoms with E-state index in [-0.39, 0.29) is 18.0 Å². The summed E-state index contributed by atoms with van der Waals surface area (Å²) in [5, 5.41) is 2.82. The molecule has 6 nitrogen and oxygen atoms in total. The Balaban J connectivity index is 1.55.